The standard InChI is InChI=1S/C26H29FN2O3S/c1-6-8-23(26(30)31-5)22-10-7-9-18(2)24(22)16-32-29-19(3)17-33-25(15-28-4)20-11-13-21(27)14-12-20/h7-15H,4,6,16-17H2,1-3,5H3/b23-8+,25-15-,29-19+. The van der Waals surface area contributed by atoms with E-state index in [2.05, 4.69) is 16.9 Å². The smallest absolute Gasteiger partial charge is 0.338 e. The number of benzene rings is 2. The molecule has 0 unspecified atom stereocenters. The van der Waals surface area contributed by atoms with Crippen molar-refractivity contribution in [1.29, 1.82) is 0 Å². The van der Waals surface area contributed by atoms with Gasteiger partial charge >= 0.3 is 5.97 Å². The Bertz CT molecular complexity index is 1060. The van der Waals surface area contributed by atoms with E-state index >= 15 is 0 Å². The lowest BCUT2D eigenvalue weighted by Gasteiger charge is -2.14. The number of oxime groups is 1. The SMILES string of the molecule is C=N/C=C(\SC/C(C)=N/OCc1c(C)cccc1/C(=C\CC)C(=O)OC)c1ccc(F)cc1. The van der Waals surface area contributed by atoms with E-state index in [-0.39, 0.29) is 18.4 Å². The molecule has 0 saturated heterocycles. The highest BCUT2D eigenvalue weighted by Gasteiger charge is 2.17. The first-order valence-corrected chi connectivity index (χ1v) is 11.5. The maximum Gasteiger partial charge on any atom is 0.338 e. The van der Waals surface area contributed by atoms with Crippen molar-refractivity contribution in [3.05, 3.63) is 82.8 Å². The summed E-state index contributed by atoms with van der Waals surface area (Å²) in [6.07, 6.45) is 4.20. The Morgan fingerprint density at radius 3 is 2.58 bits per heavy atom. The normalized spacial score (nSPS) is 12.5. The lowest BCUT2D eigenvalue weighted by molar-refractivity contribution is -0.133. The number of carbonyl (C=O) groups excluding carboxylic acids is 1. The predicted molar refractivity (Wildman–Crippen MR) is 136 cm³/mol. The third-order valence-electron chi connectivity index (χ3n) is 4.72. The molecule has 2 rings (SSSR count). The van der Waals surface area contributed by atoms with Crippen LogP contribution in [0.15, 0.2) is 64.9 Å². The van der Waals surface area contributed by atoms with Gasteiger partial charge in [0.25, 0.3) is 0 Å². The molecular formula is C26H29FN2O3S. The molecule has 0 aliphatic carbocycles. The Hall–Kier alpha value is -3.19. The first kappa shape index (κ1) is 26.1. The van der Waals surface area contributed by atoms with Crippen molar-refractivity contribution in [3.63, 3.8) is 0 Å². The minimum absolute atomic E-state index is 0.219. The van der Waals surface area contributed by atoms with Crippen molar-refractivity contribution in [2.75, 3.05) is 12.9 Å². The minimum Gasteiger partial charge on any atom is -0.465 e. The van der Waals surface area contributed by atoms with Crippen LogP contribution in [0.4, 0.5) is 4.39 Å². The second kappa shape index (κ2) is 13.4. The monoisotopic (exact) mass is 468 g/mol. The molecule has 2 aromatic rings. The molecule has 174 valence electrons. The number of hydrogen-bond donors (Lipinski definition) is 0. The van der Waals surface area contributed by atoms with Crippen LogP contribution >= 0.6 is 11.8 Å². The highest BCUT2D eigenvalue weighted by atomic mass is 32.2. The van der Waals surface area contributed by atoms with Gasteiger partial charge in [0.1, 0.15) is 12.4 Å². The van der Waals surface area contributed by atoms with Crippen molar-refractivity contribution in [2.24, 2.45) is 10.1 Å². The maximum absolute atomic E-state index is 13.2. The van der Waals surface area contributed by atoms with Crippen LogP contribution in [0.2, 0.25) is 0 Å². The average molecular weight is 469 g/mol. The molecule has 5 nitrogen and oxygen atoms in total. The topological polar surface area (TPSA) is 60.2 Å². The van der Waals surface area contributed by atoms with Crippen molar-refractivity contribution in [2.45, 2.75) is 33.8 Å². The van der Waals surface area contributed by atoms with Gasteiger partial charge in [-0.3, -0.25) is 4.99 Å². The molecule has 0 aliphatic heterocycles. The van der Waals surface area contributed by atoms with Crippen molar-refractivity contribution < 1.29 is 18.8 Å². The van der Waals surface area contributed by atoms with E-state index < -0.39 is 0 Å². The molecule has 0 atom stereocenters. The number of halogens is 1. The third kappa shape index (κ3) is 7.71. The van der Waals surface area contributed by atoms with Gasteiger partial charge in [0.05, 0.1) is 18.4 Å². The van der Waals surface area contributed by atoms with Crippen molar-refractivity contribution in [1.82, 2.24) is 0 Å². The van der Waals surface area contributed by atoms with E-state index in [1.807, 2.05) is 45.0 Å². The number of ether oxygens (including phenoxy) is 1. The fraction of sp³-hybridized carbons (Fsp3) is 0.269. The summed E-state index contributed by atoms with van der Waals surface area (Å²) in [4.78, 5) is 22.6. The summed E-state index contributed by atoms with van der Waals surface area (Å²) in [6, 6.07) is 12.0. The first-order chi connectivity index (χ1) is 15.9. The summed E-state index contributed by atoms with van der Waals surface area (Å²) < 4.78 is 18.2. The lowest BCUT2D eigenvalue weighted by Crippen LogP contribution is -2.08. The van der Waals surface area contributed by atoms with Gasteiger partial charge in [0, 0.05) is 22.4 Å². The number of aryl methyl sites for hydroxylation is 1. The molecule has 2 aromatic carbocycles. The molecule has 0 radical (unpaired) electrons. The van der Waals surface area contributed by atoms with Crippen LogP contribution in [-0.4, -0.2) is 31.3 Å². The molecule has 0 bridgehead atoms. The van der Waals surface area contributed by atoms with Gasteiger partial charge in [-0.05, 0) is 55.8 Å². The van der Waals surface area contributed by atoms with Gasteiger partial charge in [0.2, 0.25) is 0 Å². The van der Waals surface area contributed by atoms with Gasteiger partial charge in [-0.1, -0.05) is 48.5 Å². The molecule has 33 heavy (non-hydrogen) atoms. The highest BCUT2D eigenvalue weighted by Crippen LogP contribution is 2.28. The molecule has 0 heterocycles. The summed E-state index contributed by atoms with van der Waals surface area (Å²) in [7, 11) is 1.37. The van der Waals surface area contributed by atoms with E-state index in [1.54, 1.807) is 18.3 Å². The summed E-state index contributed by atoms with van der Waals surface area (Å²) in [5.41, 5.74) is 4.80. The number of carbonyl (C=O) groups is 1. The Morgan fingerprint density at radius 1 is 1.21 bits per heavy atom. The van der Waals surface area contributed by atoms with E-state index in [1.165, 1.54) is 31.0 Å². The zero-order chi connectivity index (χ0) is 24.2. The number of allylic oxidation sites excluding steroid dienone is 1. The number of nitrogens with zero attached hydrogens (tertiary/aromatic N) is 2. The minimum atomic E-state index is -0.379. The van der Waals surface area contributed by atoms with E-state index in [9.17, 15) is 9.18 Å². The second-order valence-corrected chi connectivity index (χ2v) is 8.21. The summed E-state index contributed by atoms with van der Waals surface area (Å²) >= 11 is 1.51. The van der Waals surface area contributed by atoms with Gasteiger partial charge in [-0.15, -0.1) is 11.8 Å². The number of esters is 1. The molecule has 0 saturated carbocycles. The molecule has 7 heteroatoms. The van der Waals surface area contributed by atoms with Crippen LogP contribution in [-0.2, 0) is 21.0 Å². The third-order valence-corrected chi connectivity index (χ3v) is 5.93. The summed E-state index contributed by atoms with van der Waals surface area (Å²) in [6.45, 7) is 9.54. The number of rotatable bonds is 11. The zero-order valence-corrected chi connectivity index (χ0v) is 20.2. The first-order valence-electron chi connectivity index (χ1n) is 10.5. The van der Waals surface area contributed by atoms with Crippen LogP contribution in [0, 0.1) is 12.7 Å². The van der Waals surface area contributed by atoms with Crippen LogP contribution < -0.4 is 0 Å². The fourth-order valence-corrected chi connectivity index (χ4v) is 3.94. The average Bonchev–Trinajstić information content (AvgIpc) is 2.81. The van der Waals surface area contributed by atoms with Gasteiger partial charge < -0.3 is 9.57 Å². The van der Waals surface area contributed by atoms with Crippen LogP contribution in [0.3, 0.4) is 0 Å². The Morgan fingerprint density at radius 2 is 1.94 bits per heavy atom. The number of aliphatic imine (C=N–C) groups is 1. The van der Waals surface area contributed by atoms with Gasteiger partial charge in [0.15, 0.2) is 0 Å². The van der Waals surface area contributed by atoms with E-state index in [4.69, 9.17) is 9.57 Å². The molecule has 0 N–H and O–H groups in total. The van der Waals surface area contributed by atoms with Crippen LogP contribution in [0.25, 0.3) is 10.5 Å². The van der Waals surface area contributed by atoms with Crippen LogP contribution in [0.5, 0.6) is 0 Å². The van der Waals surface area contributed by atoms with Crippen molar-refractivity contribution >= 4 is 40.6 Å². The zero-order valence-electron chi connectivity index (χ0n) is 19.4. The quantitative estimate of drug-likeness (QED) is 0.165. The van der Waals surface area contributed by atoms with Crippen molar-refractivity contribution in [3.8, 4) is 0 Å². The van der Waals surface area contributed by atoms with Crippen LogP contribution in [0.1, 0.15) is 42.5 Å². The van der Waals surface area contributed by atoms with Gasteiger partial charge in [-0.25, -0.2) is 9.18 Å². The molecule has 0 amide bonds. The Balaban J connectivity index is 2.11. The van der Waals surface area contributed by atoms with E-state index in [0.29, 0.717) is 17.7 Å². The Kier molecular flexibility index (Phi) is 10.6. The molecule has 0 fully saturated rings. The molecule has 0 aliphatic rings. The number of hydrogen-bond acceptors (Lipinski definition) is 6. The predicted octanol–water partition coefficient (Wildman–Crippen LogP) is 6.43. The Labute approximate surface area is 199 Å². The largest absolute Gasteiger partial charge is 0.465 e. The fourth-order valence-electron chi connectivity index (χ4n) is 3.07. The number of methoxy groups -OCH3 is 1. The summed E-state index contributed by atoms with van der Waals surface area (Å²) in [5, 5.41) is 4.24. The van der Waals surface area contributed by atoms with Gasteiger partial charge in [-0.2, -0.15) is 0 Å². The lowest BCUT2D eigenvalue weighted by atomic mass is 9.95. The molecule has 0 spiro atoms. The maximum atomic E-state index is 13.2. The molecular weight excluding hydrogens is 439 g/mol. The highest BCUT2D eigenvalue weighted by molar-refractivity contribution is 8.08. The second-order valence-electron chi connectivity index (χ2n) is 7.19. The number of thioether (sulfide) groups is 1. The van der Waals surface area contributed by atoms with E-state index in [0.717, 1.165) is 32.9 Å². The summed E-state index contributed by atoms with van der Waals surface area (Å²) in [5.74, 6) is -0.112. The molecule has 0 aromatic heterocycles.